The molecule has 0 bridgehead atoms. The van der Waals surface area contributed by atoms with Gasteiger partial charge in [-0.05, 0) is 56.5 Å². The molecular formula is C28H35F3N4O3. The van der Waals surface area contributed by atoms with Gasteiger partial charge < -0.3 is 24.8 Å². The lowest BCUT2D eigenvalue weighted by atomic mass is 10.1. The van der Waals surface area contributed by atoms with Crippen molar-refractivity contribution < 1.29 is 27.5 Å². The molecule has 3 aromatic rings. The Bertz CT molecular complexity index is 1220. The predicted octanol–water partition coefficient (Wildman–Crippen LogP) is 5.21. The molecule has 1 aromatic heterocycles. The normalized spacial score (nSPS) is 12.0. The van der Waals surface area contributed by atoms with Crippen LogP contribution in [-0.2, 0) is 28.7 Å². The van der Waals surface area contributed by atoms with Crippen LogP contribution in [0.3, 0.4) is 0 Å². The van der Waals surface area contributed by atoms with E-state index in [2.05, 4.69) is 10.3 Å². The van der Waals surface area contributed by atoms with E-state index in [4.69, 9.17) is 4.74 Å². The first-order valence-corrected chi connectivity index (χ1v) is 12.4. The minimum atomic E-state index is -4.44. The van der Waals surface area contributed by atoms with E-state index in [-0.39, 0.29) is 32.1 Å². The average Bonchev–Trinajstić information content (AvgIpc) is 3.26. The minimum Gasteiger partial charge on any atom is -0.383 e. The van der Waals surface area contributed by atoms with Crippen LogP contribution < -0.4 is 5.32 Å². The second kappa shape index (κ2) is 12.3. The number of hydrogen-bond acceptors (Lipinski definition) is 3. The molecule has 3 amide bonds. The van der Waals surface area contributed by atoms with Crippen molar-refractivity contribution in [3.63, 3.8) is 0 Å². The van der Waals surface area contributed by atoms with E-state index in [1.807, 2.05) is 51.2 Å². The van der Waals surface area contributed by atoms with Crippen molar-refractivity contribution >= 4 is 22.8 Å². The lowest BCUT2D eigenvalue weighted by molar-refractivity contribution is -0.137. The molecule has 10 heteroatoms. The standard InChI is InChI=1S/C28H35F3N4O3/c1-27(2,3)33-26(37)35(15-16-38-4)19-25(36)34(18-20-9-11-22(12-10-20)28(29,30)31)14-13-21-17-32-24-8-6-5-7-23(21)24/h5-12,17,32H,13-16,18-19H2,1-4H3,(H,33,37). The van der Waals surface area contributed by atoms with Crippen LogP contribution in [-0.4, -0.2) is 65.6 Å². The van der Waals surface area contributed by atoms with Crippen LogP contribution in [0.5, 0.6) is 0 Å². The number of carbonyl (C=O) groups is 2. The Balaban J connectivity index is 1.81. The highest BCUT2D eigenvalue weighted by Gasteiger charge is 2.30. The number of nitrogens with one attached hydrogen (secondary N) is 2. The number of rotatable bonds is 10. The molecule has 0 aliphatic heterocycles. The van der Waals surface area contributed by atoms with Crippen LogP contribution in [0.25, 0.3) is 10.9 Å². The topological polar surface area (TPSA) is 77.7 Å². The maximum absolute atomic E-state index is 13.5. The number of aromatic nitrogens is 1. The zero-order valence-corrected chi connectivity index (χ0v) is 22.2. The highest BCUT2D eigenvalue weighted by atomic mass is 19.4. The fraction of sp³-hybridized carbons (Fsp3) is 0.429. The van der Waals surface area contributed by atoms with Crippen molar-refractivity contribution in [1.29, 1.82) is 0 Å². The molecule has 0 saturated heterocycles. The Hall–Kier alpha value is -3.53. The van der Waals surface area contributed by atoms with Crippen LogP contribution in [0.15, 0.2) is 54.7 Å². The highest BCUT2D eigenvalue weighted by molar-refractivity contribution is 5.85. The molecule has 7 nitrogen and oxygen atoms in total. The van der Waals surface area contributed by atoms with Crippen molar-refractivity contribution in [3.05, 3.63) is 71.4 Å². The minimum absolute atomic E-state index is 0.109. The molecule has 1 heterocycles. The fourth-order valence-electron chi connectivity index (χ4n) is 4.02. The zero-order valence-electron chi connectivity index (χ0n) is 22.2. The number of H-pyrrole nitrogens is 1. The van der Waals surface area contributed by atoms with Crippen molar-refractivity contribution in [2.75, 3.05) is 33.4 Å². The number of fused-ring (bicyclic) bond motifs is 1. The number of alkyl halides is 3. The molecule has 3 rings (SSSR count). The van der Waals surface area contributed by atoms with E-state index in [9.17, 15) is 22.8 Å². The Morgan fingerprint density at radius 1 is 0.974 bits per heavy atom. The van der Waals surface area contributed by atoms with Gasteiger partial charge in [0.15, 0.2) is 0 Å². The Morgan fingerprint density at radius 3 is 2.29 bits per heavy atom. The third kappa shape index (κ3) is 8.24. The molecule has 0 saturated carbocycles. The van der Waals surface area contributed by atoms with Gasteiger partial charge in [0, 0.05) is 49.4 Å². The molecule has 38 heavy (non-hydrogen) atoms. The predicted molar refractivity (Wildman–Crippen MR) is 141 cm³/mol. The van der Waals surface area contributed by atoms with Crippen molar-refractivity contribution in [3.8, 4) is 0 Å². The highest BCUT2D eigenvalue weighted by Crippen LogP contribution is 2.29. The van der Waals surface area contributed by atoms with Gasteiger partial charge in [-0.25, -0.2) is 4.79 Å². The summed E-state index contributed by atoms with van der Waals surface area (Å²) in [4.78, 5) is 32.6. The van der Waals surface area contributed by atoms with E-state index in [1.165, 1.54) is 24.1 Å². The summed E-state index contributed by atoms with van der Waals surface area (Å²) in [6, 6.07) is 12.2. The molecule has 0 spiro atoms. The first kappa shape index (κ1) is 29.0. The average molecular weight is 533 g/mol. The fourth-order valence-corrected chi connectivity index (χ4v) is 4.02. The van der Waals surface area contributed by atoms with Crippen LogP contribution in [0.2, 0.25) is 0 Å². The van der Waals surface area contributed by atoms with Gasteiger partial charge in [0.05, 0.1) is 12.2 Å². The second-order valence-corrected chi connectivity index (χ2v) is 10.2. The second-order valence-electron chi connectivity index (χ2n) is 10.2. The van der Waals surface area contributed by atoms with Gasteiger partial charge in [-0.15, -0.1) is 0 Å². The zero-order chi connectivity index (χ0) is 27.9. The summed E-state index contributed by atoms with van der Waals surface area (Å²) in [7, 11) is 1.51. The number of benzene rings is 2. The lowest BCUT2D eigenvalue weighted by Gasteiger charge is -2.30. The molecule has 0 aliphatic rings. The Morgan fingerprint density at radius 2 is 1.66 bits per heavy atom. The molecule has 2 aromatic carbocycles. The molecule has 0 atom stereocenters. The third-order valence-corrected chi connectivity index (χ3v) is 5.99. The largest absolute Gasteiger partial charge is 0.416 e. The number of para-hydroxylation sites is 1. The van der Waals surface area contributed by atoms with Gasteiger partial charge in [0.25, 0.3) is 0 Å². The summed E-state index contributed by atoms with van der Waals surface area (Å²) in [6.07, 6.45) is -2.01. The van der Waals surface area contributed by atoms with Gasteiger partial charge in [0.2, 0.25) is 5.91 Å². The number of methoxy groups -OCH3 is 1. The summed E-state index contributed by atoms with van der Waals surface area (Å²) in [6.45, 7) is 6.23. The number of nitrogens with zero attached hydrogens (tertiary/aromatic N) is 2. The summed E-state index contributed by atoms with van der Waals surface area (Å²) in [5.41, 5.74) is 1.32. The van der Waals surface area contributed by atoms with Crippen molar-refractivity contribution in [2.24, 2.45) is 0 Å². The van der Waals surface area contributed by atoms with E-state index >= 15 is 0 Å². The smallest absolute Gasteiger partial charge is 0.383 e. The number of halogens is 3. The number of amides is 3. The summed E-state index contributed by atoms with van der Waals surface area (Å²) in [5.74, 6) is -0.315. The van der Waals surface area contributed by atoms with E-state index in [1.54, 1.807) is 4.90 Å². The molecule has 0 fully saturated rings. The number of carbonyl (C=O) groups excluding carboxylic acids is 2. The Kier molecular flexibility index (Phi) is 9.43. The van der Waals surface area contributed by atoms with Crippen molar-refractivity contribution in [2.45, 2.75) is 45.5 Å². The van der Waals surface area contributed by atoms with Gasteiger partial charge in [0.1, 0.15) is 6.54 Å². The maximum Gasteiger partial charge on any atom is 0.416 e. The molecule has 2 N–H and O–H groups in total. The first-order valence-electron chi connectivity index (χ1n) is 12.4. The van der Waals surface area contributed by atoms with E-state index in [0.717, 1.165) is 28.6 Å². The number of urea groups is 1. The Labute approximate surface area is 220 Å². The summed E-state index contributed by atoms with van der Waals surface area (Å²) in [5, 5.41) is 3.91. The molecule has 0 unspecified atom stereocenters. The van der Waals surface area contributed by atoms with Crippen LogP contribution >= 0.6 is 0 Å². The quantitative estimate of drug-likeness (QED) is 0.376. The first-order chi connectivity index (χ1) is 17.9. The van der Waals surface area contributed by atoms with Crippen LogP contribution in [0.1, 0.15) is 37.5 Å². The number of aromatic amines is 1. The molecule has 0 aliphatic carbocycles. The van der Waals surface area contributed by atoms with Gasteiger partial charge in [-0.1, -0.05) is 30.3 Å². The van der Waals surface area contributed by atoms with E-state index < -0.39 is 23.3 Å². The van der Waals surface area contributed by atoms with Crippen LogP contribution in [0.4, 0.5) is 18.0 Å². The lowest BCUT2D eigenvalue weighted by Crippen LogP contribution is -2.52. The van der Waals surface area contributed by atoms with E-state index in [0.29, 0.717) is 18.5 Å². The molecular weight excluding hydrogens is 497 g/mol. The number of ether oxygens (including phenoxy) is 1. The molecule has 0 radical (unpaired) electrons. The molecule has 206 valence electrons. The van der Waals surface area contributed by atoms with Crippen LogP contribution in [0, 0.1) is 0 Å². The van der Waals surface area contributed by atoms with Gasteiger partial charge in [-0.3, -0.25) is 4.79 Å². The summed E-state index contributed by atoms with van der Waals surface area (Å²) >= 11 is 0. The SMILES string of the molecule is COCCN(CC(=O)N(CCc1c[nH]c2ccccc12)Cc1ccc(C(F)(F)F)cc1)C(=O)NC(C)(C)C. The number of hydrogen-bond donors (Lipinski definition) is 2. The van der Waals surface area contributed by atoms with Gasteiger partial charge >= 0.3 is 12.2 Å². The van der Waals surface area contributed by atoms with Gasteiger partial charge in [-0.2, -0.15) is 13.2 Å². The summed E-state index contributed by atoms with van der Waals surface area (Å²) < 4.78 is 44.2. The van der Waals surface area contributed by atoms with Crippen molar-refractivity contribution in [1.82, 2.24) is 20.1 Å². The maximum atomic E-state index is 13.5. The third-order valence-electron chi connectivity index (χ3n) is 5.99. The monoisotopic (exact) mass is 532 g/mol.